The summed E-state index contributed by atoms with van der Waals surface area (Å²) in [4.78, 5) is 16.8. The first-order chi connectivity index (χ1) is 14.7. The Morgan fingerprint density at radius 3 is 2.74 bits per heavy atom. The number of rotatable bonds is 6. The van der Waals surface area contributed by atoms with Gasteiger partial charge in [0.05, 0.1) is 23.4 Å². The van der Waals surface area contributed by atoms with Crippen LogP contribution in [0.1, 0.15) is 40.2 Å². The second kappa shape index (κ2) is 8.90. The summed E-state index contributed by atoms with van der Waals surface area (Å²) in [5.41, 5.74) is 1.96. The number of carbonyl (C=O) groups excluding carboxylic acids is 1. The van der Waals surface area contributed by atoms with Gasteiger partial charge in [0.25, 0.3) is 5.91 Å². The van der Waals surface area contributed by atoms with Crippen molar-refractivity contribution in [3.05, 3.63) is 51.5 Å². The number of hydrogen-bond donors (Lipinski definition) is 1. The lowest BCUT2D eigenvalue weighted by molar-refractivity contribution is 0.0624. The summed E-state index contributed by atoms with van der Waals surface area (Å²) >= 11 is 7.42. The molecule has 1 fully saturated rings. The lowest BCUT2D eigenvalue weighted by Crippen LogP contribution is -2.49. The smallest absolute Gasteiger partial charge is 0.264 e. The number of fused-ring (bicyclic) bond motifs is 1. The van der Waals surface area contributed by atoms with Gasteiger partial charge in [0, 0.05) is 29.5 Å². The zero-order valence-corrected chi connectivity index (χ0v) is 19.9. The standard InChI is InChI=1S/C21H25ClN4O3S2/c1-14-18-11-19(20(27)25-10-4-3-5-17(25)12-23-31(2,28)29)30-21(18)26(24-14)13-15-6-8-16(22)9-7-15/h6-9,11,17,23H,3-5,10,12-13H2,1-2H3. The van der Waals surface area contributed by atoms with Crippen LogP contribution < -0.4 is 4.72 Å². The number of hydrogen-bond acceptors (Lipinski definition) is 5. The molecule has 0 radical (unpaired) electrons. The van der Waals surface area contributed by atoms with Crippen LogP contribution in [0.15, 0.2) is 30.3 Å². The Hall–Kier alpha value is -1.94. The molecule has 10 heteroatoms. The lowest BCUT2D eigenvalue weighted by atomic mass is 10.0. The van der Waals surface area contributed by atoms with E-state index < -0.39 is 10.0 Å². The quantitative estimate of drug-likeness (QED) is 0.583. The highest BCUT2D eigenvalue weighted by Crippen LogP contribution is 2.31. The molecule has 0 aliphatic carbocycles. The number of carbonyl (C=O) groups is 1. The summed E-state index contributed by atoms with van der Waals surface area (Å²) in [7, 11) is -3.30. The van der Waals surface area contributed by atoms with Crippen molar-refractivity contribution in [2.75, 3.05) is 19.3 Å². The molecular formula is C21H25ClN4O3S2. The molecule has 4 rings (SSSR count). The molecule has 1 unspecified atom stereocenters. The highest BCUT2D eigenvalue weighted by Gasteiger charge is 2.29. The third kappa shape index (κ3) is 5.11. The van der Waals surface area contributed by atoms with E-state index in [1.54, 1.807) is 0 Å². The first-order valence-corrected chi connectivity index (χ1v) is 13.3. The largest absolute Gasteiger partial charge is 0.334 e. The van der Waals surface area contributed by atoms with E-state index in [1.165, 1.54) is 11.3 Å². The molecule has 31 heavy (non-hydrogen) atoms. The number of aromatic nitrogens is 2. The normalized spacial score (nSPS) is 17.4. The Balaban J connectivity index is 1.58. The Morgan fingerprint density at radius 2 is 2.03 bits per heavy atom. The average Bonchev–Trinajstić information content (AvgIpc) is 3.29. The Morgan fingerprint density at radius 1 is 1.29 bits per heavy atom. The molecule has 1 N–H and O–H groups in total. The van der Waals surface area contributed by atoms with E-state index in [4.69, 9.17) is 11.6 Å². The van der Waals surface area contributed by atoms with Crippen LogP contribution in [0.4, 0.5) is 0 Å². The Kier molecular flexibility index (Phi) is 6.39. The van der Waals surface area contributed by atoms with Crippen molar-refractivity contribution in [3.8, 4) is 0 Å². The molecule has 0 saturated carbocycles. The molecule has 1 aliphatic heterocycles. The van der Waals surface area contributed by atoms with Gasteiger partial charge in [-0.05, 0) is 49.9 Å². The van der Waals surface area contributed by atoms with Crippen LogP contribution in [0.2, 0.25) is 5.02 Å². The molecule has 1 saturated heterocycles. The fourth-order valence-electron chi connectivity index (χ4n) is 3.96. The molecule has 0 spiro atoms. The maximum atomic E-state index is 13.3. The van der Waals surface area contributed by atoms with Crippen LogP contribution in [0.3, 0.4) is 0 Å². The highest BCUT2D eigenvalue weighted by atomic mass is 35.5. The number of sulfonamides is 1. The van der Waals surface area contributed by atoms with E-state index in [2.05, 4.69) is 9.82 Å². The minimum Gasteiger partial charge on any atom is -0.334 e. The van der Waals surface area contributed by atoms with Gasteiger partial charge in [0.2, 0.25) is 10.0 Å². The minimum atomic E-state index is -3.30. The summed E-state index contributed by atoms with van der Waals surface area (Å²) in [6.45, 7) is 3.43. The van der Waals surface area contributed by atoms with E-state index in [-0.39, 0.29) is 18.5 Å². The predicted molar refractivity (Wildman–Crippen MR) is 124 cm³/mol. The number of amides is 1. The van der Waals surface area contributed by atoms with Crippen molar-refractivity contribution < 1.29 is 13.2 Å². The zero-order valence-electron chi connectivity index (χ0n) is 17.5. The van der Waals surface area contributed by atoms with Gasteiger partial charge in [-0.25, -0.2) is 13.1 Å². The zero-order chi connectivity index (χ0) is 22.2. The molecule has 2 aromatic heterocycles. The molecule has 1 amide bonds. The maximum Gasteiger partial charge on any atom is 0.264 e. The van der Waals surface area contributed by atoms with Crippen molar-refractivity contribution >= 4 is 49.1 Å². The number of thiophene rings is 1. The summed E-state index contributed by atoms with van der Waals surface area (Å²) < 4.78 is 27.5. The van der Waals surface area contributed by atoms with Gasteiger partial charge in [-0.1, -0.05) is 23.7 Å². The predicted octanol–water partition coefficient (Wildman–Crippen LogP) is 3.65. The van der Waals surface area contributed by atoms with Crippen molar-refractivity contribution in [1.82, 2.24) is 19.4 Å². The van der Waals surface area contributed by atoms with E-state index in [1.807, 2.05) is 46.8 Å². The van der Waals surface area contributed by atoms with Gasteiger partial charge in [-0.3, -0.25) is 9.48 Å². The van der Waals surface area contributed by atoms with E-state index in [9.17, 15) is 13.2 Å². The van der Waals surface area contributed by atoms with E-state index >= 15 is 0 Å². The van der Waals surface area contributed by atoms with Crippen molar-refractivity contribution in [1.29, 1.82) is 0 Å². The molecule has 0 bridgehead atoms. The molecule has 7 nitrogen and oxygen atoms in total. The molecule has 1 atom stereocenters. The average molecular weight is 481 g/mol. The lowest BCUT2D eigenvalue weighted by Gasteiger charge is -2.35. The monoisotopic (exact) mass is 480 g/mol. The number of piperidine rings is 1. The van der Waals surface area contributed by atoms with Crippen LogP contribution >= 0.6 is 22.9 Å². The summed E-state index contributed by atoms with van der Waals surface area (Å²) in [6, 6.07) is 9.44. The fraction of sp³-hybridized carbons (Fsp3) is 0.429. The number of likely N-dealkylation sites (tertiary alicyclic amines) is 1. The summed E-state index contributed by atoms with van der Waals surface area (Å²) in [5.74, 6) is -0.0429. The molecular weight excluding hydrogens is 456 g/mol. The topological polar surface area (TPSA) is 84.3 Å². The third-order valence-corrected chi connectivity index (χ3v) is 7.61. The first kappa shape index (κ1) is 22.3. The van der Waals surface area contributed by atoms with E-state index in [0.29, 0.717) is 23.0 Å². The van der Waals surface area contributed by atoms with Crippen LogP contribution in [-0.2, 0) is 16.6 Å². The summed E-state index contributed by atoms with van der Waals surface area (Å²) in [5, 5.41) is 6.31. The van der Waals surface area contributed by atoms with Crippen LogP contribution in [0.5, 0.6) is 0 Å². The number of nitrogens with zero attached hydrogens (tertiary/aromatic N) is 3. The first-order valence-electron chi connectivity index (χ1n) is 10.2. The number of aryl methyl sites for hydroxylation is 1. The molecule has 1 aromatic carbocycles. The van der Waals surface area contributed by atoms with Crippen molar-refractivity contribution in [2.24, 2.45) is 0 Å². The Bertz CT molecular complexity index is 1200. The second-order valence-electron chi connectivity index (χ2n) is 7.97. The highest BCUT2D eigenvalue weighted by molar-refractivity contribution is 7.88. The van der Waals surface area contributed by atoms with Crippen LogP contribution in [0, 0.1) is 6.92 Å². The Labute approximate surface area is 191 Å². The summed E-state index contributed by atoms with van der Waals surface area (Å²) in [6.07, 6.45) is 3.85. The second-order valence-corrected chi connectivity index (χ2v) is 11.3. The van der Waals surface area contributed by atoms with Gasteiger partial charge in [0.15, 0.2) is 0 Å². The van der Waals surface area contributed by atoms with Crippen LogP contribution in [0.25, 0.3) is 10.2 Å². The SMILES string of the molecule is Cc1nn(Cc2ccc(Cl)cc2)c2sc(C(=O)N3CCCCC3CNS(C)(=O)=O)cc12. The number of nitrogens with one attached hydrogen (secondary N) is 1. The van der Waals surface area contributed by atoms with Gasteiger partial charge in [-0.15, -0.1) is 11.3 Å². The van der Waals surface area contributed by atoms with Crippen molar-refractivity contribution in [3.63, 3.8) is 0 Å². The van der Waals surface area contributed by atoms with Gasteiger partial charge in [0.1, 0.15) is 4.83 Å². The minimum absolute atomic E-state index is 0.0429. The number of halogens is 1. The fourth-order valence-corrected chi connectivity index (χ4v) is 5.70. The van der Waals surface area contributed by atoms with Gasteiger partial charge < -0.3 is 4.90 Å². The maximum absolute atomic E-state index is 13.3. The van der Waals surface area contributed by atoms with Crippen molar-refractivity contribution in [2.45, 2.75) is 38.8 Å². The molecule has 166 valence electrons. The van der Waals surface area contributed by atoms with Gasteiger partial charge >= 0.3 is 0 Å². The molecule has 3 aromatic rings. The van der Waals surface area contributed by atoms with Crippen LogP contribution in [-0.4, -0.2) is 54.4 Å². The molecule has 1 aliphatic rings. The molecule has 3 heterocycles. The van der Waals surface area contributed by atoms with Gasteiger partial charge in [-0.2, -0.15) is 5.10 Å². The van der Waals surface area contributed by atoms with E-state index in [0.717, 1.165) is 47.0 Å². The number of benzene rings is 1. The third-order valence-electron chi connectivity index (χ3n) is 5.53.